The summed E-state index contributed by atoms with van der Waals surface area (Å²) in [5, 5.41) is 40.9. The number of ether oxygens (including phenoxy) is 1. The van der Waals surface area contributed by atoms with Crippen molar-refractivity contribution in [2.75, 3.05) is 0 Å². The molecule has 1 aromatic carbocycles. The Morgan fingerprint density at radius 1 is 0.941 bits per heavy atom. The summed E-state index contributed by atoms with van der Waals surface area (Å²) in [6.45, 7) is 15.5. The summed E-state index contributed by atoms with van der Waals surface area (Å²) in [7, 11) is 0. The summed E-state index contributed by atoms with van der Waals surface area (Å²) in [4.78, 5) is 0. The quantitative estimate of drug-likeness (QED) is 0.294. The first-order chi connectivity index (χ1) is 15.6. The molecule has 1 aliphatic rings. The highest BCUT2D eigenvalue weighted by Gasteiger charge is 2.34. The Morgan fingerprint density at radius 3 is 2.18 bits per heavy atom. The minimum absolute atomic E-state index is 0.168. The molecule has 0 aliphatic carbocycles. The topological polar surface area (TPSA) is 90.2 Å². The van der Waals surface area contributed by atoms with Crippen LogP contribution in [0.5, 0.6) is 11.5 Å². The van der Waals surface area contributed by atoms with Crippen LogP contribution in [0.4, 0.5) is 0 Å². The van der Waals surface area contributed by atoms with Crippen LogP contribution < -0.4 is 4.74 Å². The SMILES string of the molecule is Cc1c(C)c2c(c(C)c1O)CC[C@@](C)(CCC[C@H](C)CCC[C@@](C)(O)CC[C@H](O)C(C)(C)O)O2. The van der Waals surface area contributed by atoms with Crippen molar-refractivity contribution in [2.45, 2.75) is 143 Å². The molecule has 1 heterocycles. The maximum Gasteiger partial charge on any atom is 0.127 e. The smallest absolute Gasteiger partial charge is 0.127 e. The van der Waals surface area contributed by atoms with Crippen LogP contribution in [0.1, 0.15) is 115 Å². The van der Waals surface area contributed by atoms with E-state index in [2.05, 4.69) is 13.8 Å². The summed E-state index contributed by atoms with van der Waals surface area (Å²) in [5.41, 5.74) is 1.97. The largest absolute Gasteiger partial charge is 0.507 e. The third kappa shape index (κ3) is 7.60. The molecule has 5 nitrogen and oxygen atoms in total. The van der Waals surface area contributed by atoms with Gasteiger partial charge in [0.2, 0.25) is 0 Å². The molecular formula is C29H50O5. The number of phenolic OH excluding ortho intramolecular Hbond substituents is 1. The molecule has 0 bridgehead atoms. The highest BCUT2D eigenvalue weighted by Crippen LogP contribution is 2.44. The van der Waals surface area contributed by atoms with Gasteiger partial charge < -0.3 is 25.2 Å². The van der Waals surface area contributed by atoms with Crippen molar-refractivity contribution in [3.05, 3.63) is 22.3 Å². The summed E-state index contributed by atoms with van der Waals surface area (Å²) < 4.78 is 6.56. The molecule has 196 valence electrons. The fraction of sp³-hybridized carbons (Fsp3) is 0.793. The predicted molar refractivity (Wildman–Crippen MR) is 139 cm³/mol. The molecule has 0 saturated heterocycles. The number of benzene rings is 1. The number of rotatable bonds is 12. The average molecular weight is 479 g/mol. The number of aliphatic hydroxyl groups excluding tert-OH is 1. The summed E-state index contributed by atoms with van der Waals surface area (Å²) in [6, 6.07) is 0. The summed E-state index contributed by atoms with van der Waals surface area (Å²) in [6.07, 6.45) is 7.96. The Morgan fingerprint density at radius 2 is 1.56 bits per heavy atom. The van der Waals surface area contributed by atoms with Gasteiger partial charge in [-0.15, -0.1) is 0 Å². The van der Waals surface area contributed by atoms with E-state index in [1.54, 1.807) is 13.8 Å². The molecule has 0 aromatic heterocycles. The lowest BCUT2D eigenvalue weighted by Gasteiger charge is -2.38. The second-order valence-corrected chi connectivity index (χ2v) is 12.2. The van der Waals surface area contributed by atoms with E-state index in [1.807, 2.05) is 27.7 Å². The van der Waals surface area contributed by atoms with E-state index in [4.69, 9.17) is 4.74 Å². The second kappa shape index (κ2) is 11.2. The number of fused-ring (bicyclic) bond motifs is 1. The first-order valence-electron chi connectivity index (χ1n) is 13.2. The number of aliphatic hydroxyl groups is 3. The zero-order chi connectivity index (χ0) is 25.9. The van der Waals surface area contributed by atoms with Crippen LogP contribution in [0.25, 0.3) is 0 Å². The Hall–Kier alpha value is -1.30. The lowest BCUT2D eigenvalue weighted by Crippen LogP contribution is -2.37. The van der Waals surface area contributed by atoms with Crippen molar-refractivity contribution < 1.29 is 25.2 Å². The number of hydrogen-bond acceptors (Lipinski definition) is 5. The van der Waals surface area contributed by atoms with Crippen LogP contribution >= 0.6 is 0 Å². The Kier molecular flexibility index (Phi) is 9.51. The van der Waals surface area contributed by atoms with E-state index < -0.39 is 17.3 Å². The van der Waals surface area contributed by atoms with Crippen molar-refractivity contribution in [2.24, 2.45) is 5.92 Å². The van der Waals surface area contributed by atoms with E-state index in [9.17, 15) is 20.4 Å². The van der Waals surface area contributed by atoms with Crippen LogP contribution in [0.3, 0.4) is 0 Å². The van der Waals surface area contributed by atoms with Crippen LogP contribution in [0.15, 0.2) is 0 Å². The summed E-state index contributed by atoms with van der Waals surface area (Å²) in [5.74, 6) is 1.97. The molecule has 0 radical (unpaired) electrons. The average Bonchev–Trinajstić information content (AvgIpc) is 2.73. The van der Waals surface area contributed by atoms with Gasteiger partial charge in [-0.1, -0.05) is 26.2 Å². The zero-order valence-electron chi connectivity index (χ0n) is 22.9. The molecule has 1 aliphatic heterocycles. The summed E-state index contributed by atoms with van der Waals surface area (Å²) >= 11 is 0. The molecule has 2 rings (SSSR count). The van der Waals surface area contributed by atoms with E-state index in [1.165, 1.54) is 0 Å². The van der Waals surface area contributed by atoms with Gasteiger partial charge in [-0.3, -0.25) is 0 Å². The van der Waals surface area contributed by atoms with Gasteiger partial charge in [-0.2, -0.15) is 0 Å². The van der Waals surface area contributed by atoms with Gasteiger partial charge in [-0.25, -0.2) is 0 Å². The van der Waals surface area contributed by atoms with Gasteiger partial charge >= 0.3 is 0 Å². The molecule has 4 N–H and O–H groups in total. The van der Waals surface area contributed by atoms with Crippen molar-refractivity contribution in [1.29, 1.82) is 0 Å². The Labute approximate surface area is 207 Å². The third-order valence-electron chi connectivity index (χ3n) is 8.18. The monoisotopic (exact) mass is 478 g/mol. The van der Waals surface area contributed by atoms with Crippen LogP contribution in [-0.4, -0.2) is 43.3 Å². The highest BCUT2D eigenvalue weighted by molar-refractivity contribution is 5.58. The maximum absolute atomic E-state index is 10.7. The molecule has 34 heavy (non-hydrogen) atoms. The van der Waals surface area contributed by atoms with E-state index in [0.717, 1.165) is 72.9 Å². The molecule has 0 unspecified atom stereocenters. The van der Waals surface area contributed by atoms with E-state index in [0.29, 0.717) is 30.9 Å². The van der Waals surface area contributed by atoms with Crippen molar-refractivity contribution >= 4 is 0 Å². The highest BCUT2D eigenvalue weighted by atomic mass is 16.5. The molecule has 1 aromatic rings. The predicted octanol–water partition coefficient (Wildman–Crippen LogP) is 6.04. The van der Waals surface area contributed by atoms with Gasteiger partial charge in [0.05, 0.1) is 17.3 Å². The first-order valence-corrected chi connectivity index (χ1v) is 13.2. The van der Waals surface area contributed by atoms with E-state index in [-0.39, 0.29) is 5.60 Å². The standard InChI is InChI=1S/C29H50O5/c1-19(11-9-15-28(7,33)17-14-24(30)27(5,6)32)12-10-16-29(8)18-13-23-22(4)25(31)20(2)21(3)26(23)34-29/h19,24,30-33H,9-18H2,1-8H3/t19-,24+,28-,29-/m1/s1. The molecule has 4 atom stereocenters. The third-order valence-corrected chi connectivity index (χ3v) is 8.18. The zero-order valence-corrected chi connectivity index (χ0v) is 22.9. The fourth-order valence-corrected chi connectivity index (χ4v) is 5.20. The number of aromatic hydroxyl groups is 1. The molecular weight excluding hydrogens is 428 g/mol. The maximum atomic E-state index is 10.7. The lowest BCUT2D eigenvalue weighted by atomic mass is 9.83. The number of phenols is 1. The van der Waals surface area contributed by atoms with Crippen LogP contribution in [-0.2, 0) is 6.42 Å². The first kappa shape index (κ1) is 28.9. The molecule has 0 fully saturated rings. The number of hydrogen-bond donors (Lipinski definition) is 4. The van der Waals surface area contributed by atoms with Crippen LogP contribution in [0.2, 0.25) is 0 Å². The minimum Gasteiger partial charge on any atom is -0.507 e. The Balaban J connectivity index is 1.77. The molecule has 0 saturated carbocycles. The van der Waals surface area contributed by atoms with Gasteiger partial charge in [-0.05, 0) is 116 Å². The van der Waals surface area contributed by atoms with Gasteiger partial charge in [0, 0.05) is 5.56 Å². The van der Waals surface area contributed by atoms with E-state index >= 15 is 0 Å². The lowest BCUT2D eigenvalue weighted by molar-refractivity contribution is -0.0643. The van der Waals surface area contributed by atoms with Crippen molar-refractivity contribution in [3.63, 3.8) is 0 Å². The van der Waals surface area contributed by atoms with Gasteiger partial charge in [0.1, 0.15) is 17.1 Å². The van der Waals surface area contributed by atoms with Gasteiger partial charge in [0.25, 0.3) is 0 Å². The normalized spacial score (nSPS) is 22.0. The second-order valence-electron chi connectivity index (χ2n) is 12.2. The van der Waals surface area contributed by atoms with Crippen molar-refractivity contribution in [1.82, 2.24) is 0 Å². The van der Waals surface area contributed by atoms with Gasteiger partial charge in [0.15, 0.2) is 0 Å². The van der Waals surface area contributed by atoms with Crippen LogP contribution in [0, 0.1) is 26.7 Å². The van der Waals surface area contributed by atoms with Crippen molar-refractivity contribution in [3.8, 4) is 11.5 Å². The minimum atomic E-state index is -1.14. The molecule has 0 spiro atoms. The fourth-order valence-electron chi connectivity index (χ4n) is 5.20. The Bertz CT molecular complexity index is 823. The molecule has 0 amide bonds. The molecule has 5 heteroatoms.